The summed E-state index contributed by atoms with van der Waals surface area (Å²) in [5.74, 6) is 0. The molecule has 0 aliphatic rings. The number of rotatable bonds is 5. The van der Waals surface area contributed by atoms with Crippen molar-refractivity contribution in [1.82, 2.24) is 0 Å². The molecule has 0 fully saturated rings. The van der Waals surface area contributed by atoms with Crippen molar-refractivity contribution in [2.24, 2.45) is 0 Å². The van der Waals surface area contributed by atoms with Crippen molar-refractivity contribution in [3.05, 3.63) is 170 Å². The molecule has 0 spiro atoms. The molecule has 2 heterocycles. The summed E-state index contributed by atoms with van der Waals surface area (Å²) < 4.78 is 6.48. The lowest BCUT2D eigenvalue weighted by Crippen LogP contribution is -1.87. The minimum absolute atomic E-state index is 0.915. The molecule has 0 unspecified atom stereocenters. The van der Waals surface area contributed by atoms with E-state index in [1.807, 2.05) is 17.4 Å². The standard InChI is InChI=1S/C44H28OS/c1-3-13-29(14-4-1)31-17-11-18-33(27-31)43-38-20-7-8-21-39(38)44(46-43)40-28-32(25-26-34(40)30-15-5-2-6-16-30)35-22-12-23-37-36-19-9-10-24-41(36)45-42(35)37/h1-28H. The second kappa shape index (κ2) is 11.0. The Morgan fingerprint density at radius 3 is 1.74 bits per heavy atom. The molecule has 1 nitrogen and oxygen atoms in total. The highest BCUT2D eigenvalue weighted by atomic mass is 32.1. The SMILES string of the molecule is c1ccc(-c2cccc(-c3sc(-c4cc(-c5cccc6c5oc5ccccc56)ccc4-c4ccccc4)c4ccccc34)c2)cc1. The van der Waals surface area contributed by atoms with E-state index in [1.54, 1.807) is 0 Å². The second-order valence-electron chi connectivity index (χ2n) is 11.7. The van der Waals surface area contributed by atoms with Crippen molar-refractivity contribution in [1.29, 1.82) is 0 Å². The Balaban J connectivity index is 1.28. The third-order valence-corrected chi connectivity index (χ3v) is 10.2. The van der Waals surface area contributed by atoms with Crippen molar-refractivity contribution in [2.45, 2.75) is 0 Å². The number of hydrogen-bond donors (Lipinski definition) is 0. The Bertz CT molecular complexity index is 2520. The summed E-state index contributed by atoms with van der Waals surface area (Å²) >= 11 is 1.88. The van der Waals surface area contributed by atoms with Crippen LogP contribution in [0.3, 0.4) is 0 Å². The molecule has 0 saturated carbocycles. The molecule has 2 aromatic heterocycles. The van der Waals surface area contributed by atoms with Gasteiger partial charge >= 0.3 is 0 Å². The minimum Gasteiger partial charge on any atom is -0.455 e. The first kappa shape index (κ1) is 26.7. The van der Waals surface area contributed by atoms with E-state index in [0.717, 1.165) is 33.1 Å². The van der Waals surface area contributed by atoms with E-state index in [-0.39, 0.29) is 0 Å². The van der Waals surface area contributed by atoms with E-state index < -0.39 is 0 Å². The molecule has 216 valence electrons. The van der Waals surface area contributed by atoms with Crippen LogP contribution in [-0.4, -0.2) is 0 Å². The van der Waals surface area contributed by atoms with E-state index in [0.29, 0.717) is 0 Å². The maximum Gasteiger partial charge on any atom is 0.143 e. The highest BCUT2D eigenvalue weighted by Crippen LogP contribution is 2.48. The molecule has 0 bridgehead atoms. The number of benzene rings is 7. The van der Waals surface area contributed by atoms with Crippen LogP contribution in [0, 0.1) is 0 Å². The number of para-hydroxylation sites is 2. The topological polar surface area (TPSA) is 13.1 Å². The lowest BCUT2D eigenvalue weighted by Gasteiger charge is -2.13. The van der Waals surface area contributed by atoms with Crippen molar-refractivity contribution in [3.63, 3.8) is 0 Å². The summed E-state index contributed by atoms with van der Waals surface area (Å²) in [5, 5.41) is 4.83. The van der Waals surface area contributed by atoms with Gasteiger partial charge in [0.1, 0.15) is 11.2 Å². The first-order chi connectivity index (χ1) is 22.8. The molecule has 9 rings (SSSR count). The molecule has 7 aromatic carbocycles. The second-order valence-corrected chi connectivity index (χ2v) is 12.7. The fourth-order valence-electron chi connectivity index (χ4n) is 6.72. The van der Waals surface area contributed by atoms with Gasteiger partial charge in [-0.3, -0.25) is 0 Å². The normalized spacial score (nSPS) is 11.5. The van der Waals surface area contributed by atoms with Gasteiger partial charge in [0, 0.05) is 42.4 Å². The van der Waals surface area contributed by atoms with Gasteiger partial charge < -0.3 is 4.42 Å². The zero-order chi connectivity index (χ0) is 30.5. The van der Waals surface area contributed by atoms with Gasteiger partial charge in [-0.1, -0.05) is 152 Å². The van der Waals surface area contributed by atoms with Gasteiger partial charge in [0.15, 0.2) is 0 Å². The van der Waals surface area contributed by atoms with Crippen LogP contribution >= 0.6 is 11.3 Å². The van der Waals surface area contributed by atoms with Crippen LogP contribution in [-0.2, 0) is 0 Å². The van der Waals surface area contributed by atoms with Gasteiger partial charge in [-0.25, -0.2) is 0 Å². The number of furan rings is 1. The Hall–Kier alpha value is -5.70. The first-order valence-corrected chi connectivity index (χ1v) is 16.4. The van der Waals surface area contributed by atoms with Gasteiger partial charge in [0.25, 0.3) is 0 Å². The van der Waals surface area contributed by atoms with Gasteiger partial charge in [0.05, 0.1) is 0 Å². The van der Waals surface area contributed by atoms with Gasteiger partial charge in [0.2, 0.25) is 0 Å². The fourth-order valence-corrected chi connectivity index (χ4v) is 8.02. The molecule has 0 N–H and O–H groups in total. The van der Waals surface area contributed by atoms with Crippen LogP contribution in [0.2, 0.25) is 0 Å². The average molecular weight is 605 g/mol. The largest absolute Gasteiger partial charge is 0.455 e. The van der Waals surface area contributed by atoms with E-state index in [4.69, 9.17) is 4.42 Å². The van der Waals surface area contributed by atoms with E-state index in [1.165, 1.54) is 53.9 Å². The lowest BCUT2D eigenvalue weighted by molar-refractivity contribution is 0.670. The molecule has 0 atom stereocenters. The fraction of sp³-hybridized carbons (Fsp3) is 0. The quantitative estimate of drug-likeness (QED) is 0.190. The van der Waals surface area contributed by atoms with Gasteiger partial charge in [-0.05, 0) is 51.6 Å². The zero-order valence-corrected chi connectivity index (χ0v) is 25.8. The number of thiophene rings is 1. The van der Waals surface area contributed by atoms with E-state index in [2.05, 4.69) is 164 Å². The maximum atomic E-state index is 6.48. The summed E-state index contributed by atoms with van der Waals surface area (Å²) in [6, 6.07) is 60.8. The predicted molar refractivity (Wildman–Crippen MR) is 196 cm³/mol. The van der Waals surface area contributed by atoms with Crippen molar-refractivity contribution in [2.75, 3.05) is 0 Å². The van der Waals surface area contributed by atoms with Gasteiger partial charge in [-0.15, -0.1) is 11.3 Å². The Kier molecular flexibility index (Phi) is 6.40. The summed E-state index contributed by atoms with van der Waals surface area (Å²) in [7, 11) is 0. The summed E-state index contributed by atoms with van der Waals surface area (Å²) in [4.78, 5) is 2.56. The monoisotopic (exact) mass is 604 g/mol. The third kappa shape index (κ3) is 4.46. The van der Waals surface area contributed by atoms with Crippen molar-refractivity contribution in [3.8, 4) is 54.3 Å². The molecule has 9 aromatic rings. The molecule has 0 saturated heterocycles. The Labute approximate surface area is 271 Å². The molecule has 0 radical (unpaired) electrons. The molecule has 0 amide bonds. The van der Waals surface area contributed by atoms with Crippen LogP contribution < -0.4 is 0 Å². The first-order valence-electron chi connectivity index (χ1n) is 15.6. The maximum absolute atomic E-state index is 6.48. The Morgan fingerprint density at radius 1 is 0.326 bits per heavy atom. The van der Waals surface area contributed by atoms with E-state index >= 15 is 0 Å². The van der Waals surface area contributed by atoms with Crippen LogP contribution in [0.1, 0.15) is 0 Å². The summed E-state index contributed by atoms with van der Waals surface area (Å²) in [6.07, 6.45) is 0. The number of fused-ring (bicyclic) bond motifs is 4. The summed E-state index contributed by atoms with van der Waals surface area (Å²) in [6.45, 7) is 0. The lowest BCUT2D eigenvalue weighted by atomic mass is 9.92. The third-order valence-electron chi connectivity index (χ3n) is 8.92. The molecular weight excluding hydrogens is 577 g/mol. The van der Waals surface area contributed by atoms with Crippen molar-refractivity contribution < 1.29 is 4.42 Å². The van der Waals surface area contributed by atoms with Crippen molar-refractivity contribution >= 4 is 44.0 Å². The zero-order valence-electron chi connectivity index (χ0n) is 25.0. The highest BCUT2D eigenvalue weighted by molar-refractivity contribution is 7.21. The van der Waals surface area contributed by atoms with Crippen LogP contribution in [0.25, 0.3) is 87.0 Å². The molecule has 2 heteroatoms. The molecule has 0 aliphatic heterocycles. The van der Waals surface area contributed by atoms with Crippen LogP contribution in [0.15, 0.2) is 174 Å². The molecule has 0 aliphatic carbocycles. The molecular formula is C44H28OS. The minimum atomic E-state index is 0.915. The molecule has 46 heavy (non-hydrogen) atoms. The summed E-state index contributed by atoms with van der Waals surface area (Å²) in [5.41, 5.74) is 11.4. The van der Waals surface area contributed by atoms with Crippen LogP contribution in [0.4, 0.5) is 0 Å². The Morgan fingerprint density at radius 2 is 0.935 bits per heavy atom. The smallest absolute Gasteiger partial charge is 0.143 e. The van der Waals surface area contributed by atoms with E-state index in [9.17, 15) is 0 Å². The predicted octanol–water partition coefficient (Wildman–Crippen LogP) is 13.1. The number of hydrogen-bond acceptors (Lipinski definition) is 2. The van der Waals surface area contributed by atoms with Crippen LogP contribution in [0.5, 0.6) is 0 Å². The average Bonchev–Trinajstić information content (AvgIpc) is 3.71. The highest BCUT2D eigenvalue weighted by Gasteiger charge is 2.20. The van der Waals surface area contributed by atoms with Gasteiger partial charge in [-0.2, -0.15) is 0 Å².